The van der Waals surface area contributed by atoms with Crippen molar-refractivity contribution in [2.45, 2.75) is 47.0 Å². The molecule has 1 N–H and O–H groups in total. The fraction of sp³-hybridized carbons (Fsp3) is 0.533. The predicted molar refractivity (Wildman–Crippen MR) is 70.5 cm³/mol. The highest BCUT2D eigenvalue weighted by Crippen LogP contribution is 2.22. The molecule has 0 bridgehead atoms. The molecule has 1 aromatic rings. The van der Waals surface area contributed by atoms with E-state index in [1.165, 1.54) is 12.0 Å². The Hall–Kier alpha value is -1.31. The lowest BCUT2D eigenvalue weighted by Gasteiger charge is -2.17. The number of carboxylic acid groups (broad SMARTS) is 1. The summed E-state index contributed by atoms with van der Waals surface area (Å²) in [6, 6.07) is 5.63. The third kappa shape index (κ3) is 4.59. The molecule has 0 unspecified atom stereocenters. The maximum absolute atomic E-state index is 10.9. The molecular formula is C15H22O2. The lowest BCUT2D eigenvalue weighted by atomic mass is 9.89. The fourth-order valence-electron chi connectivity index (χ4n) is 1.94. The van der Waals surface area contributed by atoms with Gasteiger partial charge in [0.2, 0.25) is 0 Å². The van der Waals surface area contributed by atoms with Crippen LogP contribution in [-0.2, 0) is 6.42 Å². The molecule has 0 aliphatic heterocycles. The maximum atomic E-state index is 10.9. The van der Waals surface area contributed by atoms with Gasteiger partial charge in [-0.1, -0.05) is 32.9 Å². The van der Waals surface area contributed by atoms with E-state index in [1.54, 1.807) is 6.07 Å². The molecule has 0 aliphatic rings. The summed E-state index contributed by atoms with van der Waals surface area (Å²) < 4.78 is 0. The van der Waals surface area contributed by atoms with Crippen molar-refractivity contribution >= 4 is 5.97 Å². The van der Waals surface area contributed by atoms with Crippen LogP contribution in [0.5, 0.6) is 0 Å². The van der Waals surface area contributed by atoms with E-state index in [-0.39, 0.29) is 0 Å². The average molecular weight is 234 g/mol. The molecule has 2 nitrogen and oxygen atoms in total. The quantitative estimate of drug-likeness (QED) is 0.853. The Balaban J connectivity index is 2.62. The minimum Gasteiger partial charge on any atom is -0.478 e. The predicted octanol–water partition coefficient (Wildman–Crippen LogP) is 4.06. The van der Waals surface area contributed by atoms with Crippen LogP contribution in [0, 0.1) is 12.3 Å². The van der Waals surface area contributed by atoms with Crippen LogP contribution in [-0.4, -0.2) is 11.1 Å². The van der Waals surface area contributed by atoms with Gasteiger partial charge in [0, 0.05) is 0 Å². The van der Waals surface area contributed by atoms with Crippen LogP contribution in [0.3, 0.4) is 0 Å². The summed E-state index contributed by atoms with van der Waals surface area (Å²) in [5.74, 6) is -0.844. The second-order valence-corrected chi connectivity index (χ2v) is 5.87. The lowest BCUT2D eigenvalue weighted by Crippen LogP contribution is -2.05. The normalized spacial score (nSPS) is 11.5. The monoisotopic (exact) mass is 234 g/mol. The van der Waals surface area contributed by atoms with Crippen molar-refractivity contribution in [2.24, 2.45) is 5.41 Å². The van der Waals surface area contributed by atoms with E-state index in [4.69, 9.17) is 5.11 Å². The Morgan fingerprint density at radius 3 is 2.41 bits per heavy atom. The van der Waals surface area contributed by atoms with Crippen LogP contribution in [0.15, 0.2) is 18.2 Å². The van der Waals surface area contributed by atoms with E-state index < -0.39 is 5.97 Å². The second kappa shape index (κ2) is 5.35. The molecule has 17 heavy (non-hydrogen) atoms. The van der Waals surface area contributed by atoms with E-state index in [2.05, 4.69) is 20.8 Å². The highest BCUT2D eigenvalue weighted by Gasteiger charge is 2.10. The number of aryl methyl sites for hydroxylation is 2. The van der Waals surface area contributed by atoms with Gasteiger partial charge in [-0.25, -0.2) is 4.79 Å². The molecule has 1 aromatic carbocycles. The molecule has 2 heteroatoms. The standard InChI is InChI=1S/C15H22O2/c1-11-10-12(6-5-9-15(2,3)4)7-8-13(11)14(16)17/h7-8,10H,5-6,9H2,1-4H3,(H,16,17). The molecule has 0 atom stereocenters. The molecule has 0 heterocycles. The van der Waals surface area contributed by atoms with E-state index in [0.29, 0.717) is 11.0 Å². The van der Waals surface area contributed by atoms with E-state index in [0.717, 1.165) is 18.4 Å². The number of rotatable bonds is 4. The van der Waals surface area contributed by atoms with Crippen molar-refractivity contribution in [3.05, 3.63) is 34.9 Å². The first-order chi connectivity index (χ1) is 7.79. The third-order valence-corrected chi connectivity index (χ3v) is 2.91. The summed E-state index contributed by atoms with van der Waals surface area (Å²) >= 11 is 0. The van der Waals surface area contributed by atoms with Gasteiger partial charge in [0.05, 0.1) is 5.56 Å². The molecule has 0 radical (unpaired) electrons. The summed E-state index contributed by atoms with van der Waals surface area (Å²) in [5.41, 5.74) is 2.86. The largest absolute Gasteiger partial charge is 0.478 e. The van der Waals surface area contributed by atoms with Crippen molar-refractivity contribution in [1.29, 1.82) is 0 Å². The van der Waals surface area contributed by atoms with Crippen LogP contribution in [0.2, 0.25) is 0 Å². The summed E-state index contributed by atoms with van der Waals surface area (Å²) in [4.78, 5) is 10.9. The van der Waals surface area contributed by atoms with Crippen LogP contribution < -0.4 is 0 Å². The first kappa shape index (κ1) is 13.8. The molecule has 0 aromatic heterocycles. The summed E-state index contributed by atoms with van der Waals surface area (Å²) in [6.45, 7) is 8.58. The molecule has 94 valence electrons. The van der Waals surface area contributed by atoms with Gasteiger partial charge < -0.3 is 5.11 Å². The zero-order valence-electron chi connectivity index (χ0n) is 11.2. The van der Waals surface area contributed by atoms with Gasteiger partial charge in [-0.2, -0.15) is 0 Å². The van der Waals surface area contributed by atoms with Crippen LogP contribution in [0.4, 0.5) is 0 Å². The number of aromatic carboxylic acids is 1. The molecule has 0 fully saturated rings. The van der Waals surface area contributed by atoms with Crippen LogP contribution in [0.1, 0.15) is 55.1 Å². The van der Waals surface area contributed by atoms with Gasteiger partial charge in [-0.05, 0) is 48.8 Å². The van der Waals surface area contributed by atoms with Gasteiger partial charge in [0.25, 0.3) is 0 Å². The van der Waals surface area contributed by atoms with Crippen molar-refractivity contribution in [2.75, 3.05) is 0 Å². The van der Waals surface area contributed by atoms with E-state index in [1.807, 2.05) is 19.1 Å². The zero-order valence-corrected chi connectivity index (χ0v) is 11.2. The number of hydrogen-bond acceptors (Lipinski definition) is 1. The zero-order chi connectivity index (χ0) is 13.1. The SMILES string of the molecule is Cc1cc(CCCC(C)(C)C)ccc1C(=O)O. The Bertz CT molecular complexity index is 400. The number of carboxylic acids is 1. The van der Waals surface area contributed by atoms with Crippen LogP contribution >= 0.6 is 0 Å². The number of benzene rings is 1. The second-order valence-electron chi connectivity index (χ2n) is 5.87. The minimum atomic E-state index is -0.844. The summed E-state index contributed by atoms with van der Waals surface area (Å²) in [5, 5.41) is 8.94. The van der Waals surface area contributed by atoms with E-state index in [9.17, 15) is 4.79 Å². The average Bonchev–Trinajstić information content (AvgIpc) is 2.15. The molecule has 0 aliphatic carbocycles. The highest BCUT2D eigenvalue weighted by atomic mass is 16.4. The van der Waals surface area contributed by atoms with Gasteiger partial charge in [-0.15, -0.1) is 0 Å². The summed E-state index contributed by atoms with van der Waals surface area (Å²) in [7, 11) is 0. The Kier molecular flexibility index (Phi) is 4.33. The maximum Gasteiger partial charge on any atom is 0.335 e. The van der Waals surface area contributed by atoms with Crippen molar-refractivity contribution < 1.29 is 9.90 Å². The molecule has 0 saturated heterocycles. The van der Waals surface area contributed by atoms with Gasteiger partial charge in [0.1, 0.15) is 0 Å². The molecule has 1 rings (SSSR count). The number of hydrogen-bond donors (Lipinski definition) is 1. The highest BCUT2D eigenvalue weighted by molar-refractivity contribution is 5.89. The van der Waals surface area contributed by atoms with Crippen molar-refractivity contribution in [1.82, 2.24) is 0 Å². The Morgan fingerprint density at radius 1 is 1.29 bits per heavy atom. The van der Waals surface area contributed by atoms with Crippen molar-refractivity contribution in [3.8, 4) is 0 Å². The van der Waals surface area contributed by atoms with E-state index >= 15 is 0 Å². The lowest BCUT2D eigenvalue weighted by molar-refractivity contribution is 0.0696. The first-order valence-electron chi connectivity index (χ1n) is 6.12. The number of carbonyl (C=O) groups is 1. The van der Waals surface area contributed by atoms with Crippen molar-refractivity contribution in [3.63, 3.8) is 0 Å². The van der Waals surface area contributed by atoms with Gasteiger partial charge in [0.15, 0.2) is 0 Å². The van der Waals surface area contributed by atoms with Gasteiger partial charge >= 0.3 is 5.97 Å². The minimum absolute atomic E-state index is 0.371. The van der Waals surface area contributed by atoms with Gasteiger partial charge in [-0.3, -0.25) is 0 Å². The molecule has 0 amide bonds. The fourth-order valence-corrected chi connectivity index (χ4v) is 1.94. The Labute approximate surface area is 104 Å². The molecule has 0 saturated carbocycles. The molecule has 0 spiro atoms. The first-order valence-corrected chi connectivity index (χ1v) is 6.12. The topological polar surface area (TPSA) is 37.3 Å². The van der Waals surface area contributed by atoms with Crippen LogP contribution in [0.25, 0.3) is 0 Å². The molecular weight excluding hydrogens is 212 g/mol. The smallest absolute Gasteiger partial charge is 0.335 e. The summed E-state index contributed by atoms with van der Waals surface area (Å²) in [6.07, 6.45) is 3.36. The Morgan fingerprint density at radius 2 is 1.94 bits per heavy atom. The third-order valence-electron chi connectivity index (χ3n) is 2.91.